The van der Waals surface area contributed by atoms with E-state index in [4.69, 9.17) is 4.74 Å². The number of benzene rings is 1. The normalized spacial score (nSPS) is 12.6. The van der Waals surface area contributed by atoms with Crippen molar-refractivity contribution in [3.8, 4) is 5.75 Å². The monoisotopic (exact) mass is 348 g/mol. The van der Waals surface area contributed by atoms with Crippen molar-refractivity contribution in [2.45, 2.75) is 25.8 Å². The fourth-order valence-electron chi connectivity index (χ4n) is 3.18. The fraction of sp³-hybridized carbons (Fsp3) is 0.250. The Labute approximate surface area is 151 Å². The van der Waals surface area contributed by atoms with Crippen LogP contribution in [0.1, 0.15) is 23.2 Å². The van der Waals surface area contributed by atoms with E-state index in [0.717, 1.165) is 24.3 Å². The number of hydrogen-bond donors (Lipinski definition) is 1. The Balaban J connectivity index is 1.35. The molecule has 1 aromatic carbocycles. The molecular formula is C20H20N4O2. The number of nitrogens with zero attached hydrogens (tertiary/aromatic N) is 3. The number of rotatable bonds is 6. The van der Waals surface area contributed by atoms with Crippen molar-refractivity contribution in [1.82, 2.24) is 14.8 Å². The smallest absolute Gasteiger partial charge is 0.263 e. The van der Waals surface area contributed by atoms with Crippen LogP contribution in [0.25, 0.3) is 0 Å². The van der Waals surface area contributed by atoms with Crippen LogP contribution in [0.3, 0.4) is 0 Å². The number of carbonyl (C=O) groups excluding carboxylic acids is 1. The van der Waals surface area contributed by atoms with Crippen LogP contribution >= 0.6 is 0 Å². The third-order valence-corrected chi connectivity index (χ3v) is 4.46. The minimum absolute atomic E-state index is 0.0342. The van der Waals surface area contributed by atoms with E-state index in [1.165, 1.54) is 17.5 Å². The van der Waals surface area contributed by atoms with Gasteiger partial charge in [0.2, 0.25) is 0 Å². The van der Waals surface area contributed by atoms with Gasteiger partial charge in [0.15, 0.2) is 6.61 Å². The van der Waals surface area contributed by atoms with E-state index in [9.17, 15) is 4.79 Å². The van der Waals surface area contributed by atoms with Gasteiger partial charge in [0, 0.05) is 12.3 Å². The van der Waals surface area contributed by atoms with Gasteiger partial charge in [-0.05, 0) is 54.7 Å². The van der Waals surface area contributed by atoms with Crippen LogP contribution in [0, 0.1) is 0 Å². The lowest BCUT2D eigenvalue weighted by atomic mass is 10.1. The first-order valence-electron chi connectivity index (χ1n) is 8.74. The highest BCUT2D eigenvalue weighted by Crippen LogP contribution is 2.26. The predicted molar refractivity (Wildman–Crippen MR) is 98.2 cm³/mol. The predicted octanol–water partition coefficient (Wildman–Crippen LogP) is 2.83. The summed E-state index contributed by atoms with van der Waals surface area (Å²) in [5.41, 5.74) is 3.60. The van der Waals surface area contributed by atoms with Gasteiger partial charge >= 0.3 is 0 Å². The molecule has 0 spiro atoms. The quantitative estimate of drug-likeness (QED) is 0.744. The van der Waals surface area contributed by atoms with E-state index in [2.05, 4.69) is 21.5 Å². The van der Waals surface area contributed by atoms with Crippen molar-refractivity contribution in [3.05, 3.63) is 71.7 Å². The Morgan fingerprint density at radius 1 is 1.12 bits per heavy atom. The molecule has 0 saturated heterocycles. The average Bonchev–Trinajstić information content (AvgIpc) is 3.30. The number of carbonyl (C=O) groups is 1. The molecule has 0 fully saturated rings. The Bertz CT molecular complexity index is 905. The first kappa shape index (κ1) is 16.3. The molecule has 2 heterocycles. The van der Waals surface area contributed by atoms with Crippen molar-refractivity contribution < 1.29 is 9.53 Å². The van der Waals surface area contributed by atoms with Crippen LogP contribution < -0.4 is 10.1 Å². The highest BCUT2D eigenvalue weighted by atomic mass is 16.5. The molecule has 1 aliphatic carbocycles. The third kappa shape index (κ3) is 3.74. The van der Waals surface area contributed by atoms with Gasteiger partial charge in [-0.3, -0.25) is 9.78 Å². The number of hydrogen-bond acceptors (Lipinski definition) is 4. The molecule has 0 saturated carbocycles. The molecule has 6 heteroatoms. The molecule has 3 aromatic rings. The molecule has 0 radical (unpaired) electrons. The van der Waals surface area contributed by atoms with E-state index in [0.29, 0.717) is 12.4 Å². The summed E-state index contributed by atoms with van der Waals surface area (Å²) in [4.78, 5) is 16.5. The van der Waals surface area contributed by atoms with Gasteiger partial charge < -0.3 is 10.1 Å². The highest BCUT2D eigenvalue weighted by Gasteiger charge is 2.13. The molecule has 132 valence electrons. The maximum Gasteiger partial charge on any atom is 0.263 e. The van der Waals surface area contributed by atoms with Crippen molar-refractivity contribution in [2.75, 3.05) is 11.9 Å². The van der Waals surface area contributed by atoms with Crippen molar-refractivity contribution in [1.29, 1.82) is 0 Å². The second-order valence-corrected chi connectivity index (χ2v) is 6.32. The van der Waals surface area contributed by atoms with Crippen LogP contribution in [0.4, 0.5) is 5.82 Å². The average molecular weight is 348 g/mol. The number of pyridine rings is 1. The lowest BCUT2D eigenvalue weighted by molar-refractivity contribution is -0.118. The molecule has 0 bridgehead atoms. The second kappa shape index (κ2) is 7.39. The van der Waals surface area contributed by atoms with Crippen LogP contribution in [0.2, 0.25) is 0 Å². The van der Waals surface area contributed by atoms with E-state index in [-0.39, 0.29) is 12.5 Å². The minimum atomic E-state index is -0.215. The zero-order valence-corrected chi connectivity index (χ0v) is 14.4. The zero-order valence-electron chi connectivity index (χ0n) is 14.4. The second-order valence-electron chi connectivity index (χ2n) is 6.32. The van der Waals surface area contributed by atoms with Gasteiger partial charge in [0.1, 0.15) is 11.6 Å². The Kier molecular flexibility index (Phi) is 4.64. The molecule has 4 rings (SSSR count). The van der Waals surface area contributed by atoms with E-state index < -0.39 is 0 Å². The summed E-state index contributed by atoms with van der Waals surface area (Å²) >= 11 is 0. The largest absolute Gasteiger partial charge is 0.484 e. The molecular weight excluding hydrogens is 328 g/mol. The first-order chi connectivity index (χ1) is 12.8. The maximum absolute atomic E-state index is 12.2. The molecule has 0 aliphatic heterocycles. The molecule has 1 amide bonds. The number of aryl methyl sites for hydroxylation is 2. The highest BCUT2D eigenvalue weighted by molar-refractivity contribution is 5.91. The number of fused-ring (bicyclic) bond motifs is 1. The lowest BCUT2D eigenvalue weighted by Crippen LogP contribution is -2.22. The van der Waals surface area contributed by atoms with Gasteiger partial charge in [0.05, 0.1) is 18.4 Å². The van der Waals surface area contributed by atoms with Crippen LogP contribution in [-0.2, 0) is 24.2 Å². The Morgan fingerprint density at radius 3 is 2.92 bits per heavy atom. The SMILES string of the molecule is O=C(COc1ccc2c(c1)CCC2)Nc1ccnn1Cc1ccccn1. The molecule has 0 atom stereocenters. The summed E-state index contributed by atoms with van der Waals surface area (Å²) in [5.74, 6) is 1.15. The minimum Gasteiger partial charge on any atom is -0.484 e. The maximum atomic E-state index is 12.2. The third-order valence-electron chi connectivity index (χ3n) is 4.46. The Morgan fingerprint density at radius 2 is 2.04 bits per heavy atom. The number of anilines is 1. The summed E-state index contributed by atoms with van der Waals surface area (Å²) in [5, 5.41) is 7.09. The fourth-order valence-corrected chi connectivity index (χ4v) is 3.18. The van der Waals surface area contributed by atoms with E-state index in [1.807, 2.05) is 30.3 Å². The Hall–Kier alpha value is -3.15. The molecule has 1 N–H and O–H groups in total. The van der Waals surface area contributed by atoms with Crippen molar-refractivity contribution >= 4 is 11.7 Å². The standard InChI is InChI=1S/C20H20N4O2/c25-20(14-26-18-8-7-15-4-3-5-16(15)12-18)23-19-9-11-22-24(19)13-17-6-1-2-10-21-17/h1-2,6-12H,3-5,13-14H2,(H,23,25). The summed E-state index contributed by atoms with van der Waals surface area (Å²) in [7, 11) is 0. The summed E-state index contributed by atoms with van der Waals surface area (Å²) < 4.78 is 7.35. The van der Waals surface area contributed by atoms with Gasteiger partial charge in [0.25, 0.3) is 5.91 Å². The summed E-state index contributed by atoms with van der Waals surface area (Å²) in [6, 6.07) is 13.5. The van der Waals surface area contributed by atoms with E-state index >= 15 is 0 Å². The molecule has 1 aliphatic rings. The molecule has 6 nitrogen and oxygen atoms in total. The topological polar surface area (TPSA) is 69.0 Å². The van der Waals surface area contributed by atoms with Crippen LogP contribution in [-0.4, -0.2) is 27.3 Å². The van der Waals surface area contributed by atoms with Gasteiger partial charge in [-0.2, -0.15) is 5.10 Å². The van der Waals surface area contributed by atoms with E-state index in [1.54, 1.807) is 23.1 Å². The molecule has 2 aromatic heterocycles. The molecule has 26 heavy (non-hydrogen) atoms. The zero-order chi connectivity index (χ0) is 17.8. The number of amides is 1. The first-order valence-corrected chi connectivity index (χ1v) is 8.74. The number of nitrogens with one attached hydrogen (secondary N) is 1. The van der Waals surface area contributed by atoms with Gasteiger partial charge in [-0.25, -0.2) is 4.68 Å². The van der Waals surface area contributed by atoms with Gasteiger partial charge in [-0.1, -0.05) is 12.1 Å². The number of aromatic nitrogens is 3. The van der Waals surface area contributed by atoms with Crippen LogP contribution in [0.15, 0.2) is 54.9 Å². The molecule has 0 unspecified atom stereocenters. The van der Waals surface area contributed by atoms with Gasteiger partial charge in [-0.15, -0.1) is 0 Å². The lowest BCUT2D eigenvalue weighted by Gasteiger charge is -2.10. The van der Waals surface area contributed by atoms with Crippen molar-refractivity contribution in [2.24, 2.45) is 0 Å². The summed E-state index contributed by atoms with van der Waals surface area (Å²) in [6.07, 6.45) is 6.81. The summed E-state index contributed by atoms with van der Waals surface area (Å²) in [6.45, 7) is 0.461. The van der Waals surface area contributed by atoms with Crippen molar-refractivity contribution in [3.63, 3.8) is 0 Å². The van der Waals surface area contributed by atoms with Crippen LogP contribution in [0.5, 0.6) is 5.75 Å². The number of ether oxygens (including phenoxy) is 1.